The van der Waals surface area contributed by atoms with Gasteiger partial charge in [0.2, 0.25) is 5.91 Å². The molecule has 100 valence electrons. The third-order valence-corrected chi connectivity index (χ3v) is 4.07. The molecule has 0 aromatic heterocycles. The molecule has 0 radical (unpaired) electrons. The highest BCUT2D eigenvalue weighted by Gasteiger charge is 2.43. The Morgan fingerprint density at radius 3 is 2.33 bits per heavy atom. The zero-order valence-electron chi connectivity index (χ0n) is 9.96. The third kappa shape index (κ3) is 2.63. The van der Waals surface area contributed by atoms with Crippen molar-refractivity contribution in [2.24, 2.45) is 17.8 Å². The largest absolute Gasteiger partial charge is 0.481 e. The van der Waals surface area contributed by atoms with Gasteiger partial charge in [-0.25, -0.2) is 4.79 Å². The molecule has 6 heteroatoms. The van der Waals surface area contributed by atoms with Gasteiger partial charge in [0.05, 0.1) is 6.42 Å². The molecule has 0 aromatic carbocycles. The maximum Gasteiger partial charge on any atom is 0.326 e. The fourth-order valence-corrected chi connectivity index (χ4v) is 3.22. The normalized spacial score (nSPS) is 31.0. The Balaban J connectivity index is 1.92. The second-order valence-corrected chi connectivity index (χ2v) is 5.28. The number of hydrogen-bond donors (Lipinski definition) is 3. The molecular weight excluding hydrogens is 238 g/mol. The van der Waals surface area contributed by atoms with Gasteiger partial charge in [0.1, 0.15) is 6.04 Å². The van der Waals surface area contributed by atoms with Crippen molar-refractivity contribution in [1.82, 2.24) is 5.32 Å². The van der Waals surface area contributed by atoms with Crippen LogP contribution in [0.25, 0.3) is 0 Å². The molecular formula is C12H17NO5. The summed E-state index contributed by atoms with van der Waals surface area (Å²) in [7, 11) is 0. The molecule has 0 heterocycles. The summed E-state index contributed by atoms with van der Waals surface area (Å²) in [5, 5.41) is 19.8. The average molecular weight is 255 g/mol. The summed E-state index contributed by atoms with van der Waals surface area (Å²) in [5.41, 5.74) is 0. The van der Waals surface area contributed by atoms with Crippen LogP contribution in [0, 0.1) is 17.8 Å². The van der Waals surface area contributed by atoms with Crippen molar-refractivity contribution < 1.29 is 24.6 Å². The number of fused-ring (bicyclic) bond motifs is 2. The van der Waals surface area contributed by atoms with E-state index in [0.29, 0.717) is 11.8 Å². The van der Waals surface area contributed by atoms with Gasteiger partial charge in [-0.15, -0.1) is 0 Å². The minimum atomic E-state index is -1.32. The minimum absolute atomic E-state index is 0.126. The van der Waals surface area contributed by atoms with Gasteiger partial charge in [-0.1, -0.05) is 6.42 Å². The first-order valence-corrected chi connectivity index (χ1v) is 6.22. The van der Waals surface area contributed by atoms with Crippen molar-refractivity contribution in [3.8, 4) is 0 Å². The summed E-state index contributed by atoms with van der Waals surface area (Å²) in [4.78, 5) is 33.4. The van der Waals surface area contributed by atoms with E-state index < -0.39 is 24.4 Å². The number of amides is 1. The lowest BCUT2D eigenvalue weighted by atomic mass is 9.88. The monoisotopic (exact) mass is 255 g/mol. The minimum Gasteiger partial charge on any atom is -0.481 e. The molecule has 6 nitrogen and oxygen atoms in total. The Morgan fingerprint density at radius 1 is 1.17 bits per heavy atom. The molecule has 1 amide bonds. The van der Waals surface area contributed by atoms with E-state index in [1.165, 1.54) is 0 Å². The number of carboxylic acids is 2. The Kier molecular flexibility index (Phi) is 3.54. The fraction of sp³-hybridized carbons (Fsp3) is 0.750. The van der Waals surface area contributed by atoms with Gasteiger partial charge in [0.15, 0.2) is 0 Å². The molecule has 0 spiro atoms. The van der Waals surface area contributed by atoms with Crippen molar-refractivity contribution in [2.75, 3.05) is 0 Å². The number of carbonyl (C=O) groups is 3. The van der Waals surface area contributed by atoms with Gasteiger partial charge in [-0.05, 0) is 31.1 Å². The molecule has 2 saturated carbocycles. The fourth-order valence-electron chi connectivity index (χ4n) is 3.22. The van der Waals surface area contributed by atoms with Crippen molar-refractivity contribution in [3.05, 3.63) is 0 Å². The van der Waals surface area contributed by atoms with E-state index in [9.17, 15) is 14.4 Å². The van der Waals surface area contributed by atoms with Crippen LogP contribution in [0.1, 0.15) is 32.1 Å². The summed E-state index contributed by atoms with van der Waals surface area (Å²) in [6, 6.07) is -1.32. The van der Waals surface area contributed by atoms with Crippen LogP contribution in [-0.2, 0) is 14.4 Å². The van der Waals surface area contributed by atoms with Gasteiger partial charge in [-0.3, -0.25) is 9.59 Å². The molecule has 18 heavy (non-hydrogen) atoms. The summed E-state index contributed by atoms with van der Waals surface area (Å²) in [6.45, 7) is 0. The lowest BCUT2D eigenvalue weighted by Gasteiger charge is -2.22. The molecule has 3 N–H and O–H groups in total. The lowest BCUT2D eigenvalue weighted by Crippen LogP contribution is -2.45. The molecule has 0 aromatic rings. The Hall–Kier alpha value is -1.59. The van der Waals surface area contributed by atoms with Crippen molar-refractivity contribution >= 4 is 17.8 Å². The van der Waals surface area contributed by atoms with Gasteiger partial charge < -0.3 is 15.5 Å². The summed E-state index contributed by atoms with van der Waals surface area (Å²) < 4.78 is 0. The van der Waals surface area contributed by atoms with E-state index in [1.807, 2.05) is 0 Å². The maximum atomic E-state index is 12.0. The van der Waals surface area contributed by atoms with E-state index in [4.69, 9.17) is 10.2 Å². The van der Waals surface area contributed by atoms with E-state index in [-0.39, 0.29) is 11.8 Å². The number of hydrogen-bond acceptors (Lipinski definition) is 3. The molecule has 4 atom stereocenters. The van der Waals surface area contributed by atoms with Gasteiger partial charge in [0.25, 0.3) is 0 Å². The predicted molar refractivity (Wildman–Crippen MR) is 60.8 cm³/mol. The smallest absolute Gasteiger partial charge is 0.326 e. The molecule has 2 bridgehead atoms. The van der Waals surface area contributed by atoms with Crippen molar-refractivity contribution in [2.45, 2.75) is 38.1 Å². The first kappa shape index (κ1) is 12.9. The topological polar surface area (TPSA) is 104 Å². The summed E-state index contributed by atoms with van der Waals surface area (Å²) in [6.07, 6.45) is 3.47. The van der Waals surface area contributed by atoms with Crippen LogP contribution in [0.15, 0.2) is 0 Å². The maximum absolute atomic E-state index is 12.0. The van der Waals surface area contributed by atoms with Crippen molar-refractivity contribution in [1.29, 1.82) is 0 Å². The highest BCUT2D eigenvalue weighted by atomic mass is 16.4. The highest BCUT2D eigenvalue weighted by Crippen LogP contribution is 2.48. The van der Waals surface area contributed by atoms with Gasteiger partial charge in [-0.2, -0.15) is 0 Å². The van der Waals surface area contributed by atoms with Crippen LogP contribution in [0.2, 0.25) is 0 Å². The second-order valence-electron chi connectivity index (χ2n) is 5.28. The number of aliphatic carboxylic acids is 2. The lowest BCUT2D eigenvalue weighted by molar-refractivity contribution is -0.147. The first-order chi connectivity index (χ1) is 8.47. The van der Waals surface area contributed by atoms with Crippen LogP contribution < -0.4 is 5.32 Å². The Labute approximate surface area is 104 Å². The number of carboxylic acid groups (broad SMARTS) is 2. The van der Waals surface area contributed by atoms with Crippen molar-refractivity contribution in [3.63, 3.8) is 0 Å². The Bertz CT molecular complexity index is 381. The zero-order chi connectivity index (χ0) is 13.3. The predicted octanol–water partition coefficient (Wildman–Crippen LogP) is 0.467. The van der Waals surface area contributed by atoms with E-state index in [1.54, 1.807) is 0 Å². The quantitative estimate of drug-likeness (QED) is 0.662. The molecule has 0 saturated heterocycles. The summed E-state index contributed by atoms with van der Waals surface area (Å²) >= 11 is 0. The van der Waals surface area contributed by atoms with Crippen LogP contribution in [0.4, 0.5) is 0 Å². The number of rotatable bonds is 5. The van der Waals surface area contributed by atoms with Crippen LogP contribution >= 0.6 is 0 Å². The van der Waals surface area contributed by atoms with Crippen LogP contribution in [-0.4, -0.2) is 34.1 Å². The van der Waals surface area contributed by atoms with Crippen LogP contribution in [0.5, 0.6) is 0 Å². The molecule has 2 rings (SSSR count). The molecule has 2 aliphatic carbocycles. The van der Waals surface area contributed by atoms with E-state index >= 15 is 0 Å². The van der Waals surface area contributed by atoms with E-state index in [2.05, 4.69) is 5.32 Å². The van der Waals surface area contributed by atoms with E-state index in [0.717, 1.165) is 25.7 Å². The summed E-state index contributed by atoms with van der Waals surface area (Å²) in [5.74, 6) is -2.00. The van der Waals surface area contributed by atoms with Crippen LogP contribution in [0.3, 0.4) is 0 Å². The SMILES string of the molecule is O=C(O)CC(NC(=O)C1CC2CCC1C2)C(=O)O. The molecule has 0 aliphatic heterocycles. The number of carbonyl (C=O) groups excluding carboxylic acids is 1. The second kappa shape index (κ2) is 4.96. The molecule has 2 aliphatic rings. The average Bonchev–Trinajstić information content (AvgIpc) is 2.88. The molecule has 2 fully saturated rings. The zero-order valence-corrected chi connectivity index (χ0v) is 9.96. The third-order valence-electron chi connectivity index (χ3n) is 4.07. The first-order valence-electron chi connectivity index (χ1n) is 6.22. The Morgan fingerprint density at radius 2 is 1.89 bits per heavy atom. The molecule has 4 unspecified atom stereocenters. The highest BCUT2D eigenvalue weighted by molar-refractivity contribution is 5.88. The van der Waals surface area contributed by atoms with Gasteiger partial charge in [0, 0.05) is 5.92 Å². The number of nitrogens with one attached hydrogen (secondary N) is 1. The standard InChI is InChI=1S/C12H17NO5/c14-10(15)5-9(12(17)18)13-11(16)8-4-6-1-2-7(8)3-6/h6-9H,1-5H2,(H,13,16)(H,14,15)(H,17,18). The van der Waals surface area contributed by atoms with Gasteiger partial charge >= 0.3 is 11.9 Å².